The van der Waals surface area contributed by atoms with E-state index >= 15 is 0 Å². The van der Waals surface area contributed by atoms with Crippen LogP contribution in [0.5, 0.6) is 5.75 Å². The van der Waals surface area contributed by atoms with E-state index < -0.39 is 5.92 Å². The number of aromatic amines is 1. The molecule has 144 valence electrons. The summed E-state index contributed by atoms with van der Waals surface area (Å²) in [5.74, 6) is -0.526. The predicted octanol–water partition coefficient (Wildman–Crippen LogP) is 3.16. The number of phenolic OH excluding ortho intramolecular Hbond substituents is 1. The molecule has 2 aromatic carbocycles. The Morgan fingerprint density at radius 2 is 2.07 bits per heavy atom. The molecular formula is C22H23N3O3. The van der Waals surface area contributed by atoms with Crippen LogP contribution in [0.15, 0.2) is 42.5 Å². The van der Waals surface area contributed by atoms with Crippen LogP contribution in [0.25, 0.3) is 10.9 Å². The molecule has 2 heterocycles. The highest BCUT2D eigenvalue weighted by Crippen LogP contribution is 2.28. The Bertz CT molecular complexity index is 1070. The quantitative estimate of drug-likeness (QED) is 0.653. The number of carbonyl (C=O) groups excluding carboxylic acids is 2. The van der Waals surface area contributed by atoms with Crippen LogP contribution in [0.3, 0.4) is 0 Å². The van der Waals surface area contributed by atoms with Crippen LogP contribution in [0, 0.1) is 19.8 Å². The molecule has 1 atom stereocenters. The summed E-state index contributed by atoms with van der Waals surface area (Å²) in [6, 6.07) is 12.7. The minimum absolute atomic E-state index is 0.101. The van der Waals surface area contributed by atoms with Gasteiger partial charge in [0, 0.05) is 47.9 Å². The van der Waals surface area contributed by atoms with E-state index in [1.807, 2.05) is 19.1 Å². The number of hydrogen-bond acceptors (Lipinski definition) is 3. The number of aryl methyl sites for hydroxylation is 2. The number of nitrogens with zero attached hydrogens (tertiary/aromatic N) is 1. The molecule has 0 unspecified atom stereocenters. The highest BCUT2D eigenvalue weighted by Gasteiger charge is 2.35. The zero-order valence-electron chi connectivity index (χ0n) is 16.0. The number of H-pyrrole nitrogens is 1. The number of aromatic hydroxyl groups is 1. The Morgan fingerprint density at radius 1 is 1.25 bits per heavy atom. The van der Waals surface area contributed by atoms with Gasteiger partial charge in [-0.2, -0.15) is 0 Å². The van der Waals surface area contributed by atoms with Crippen molar-refractivity contribution in [2.75, 3.05) is 11.4 Å². The first kappa shape index (κ1) is 18.1. The van der Waals surface area contributed by atoms with Crippen molar-refractivity contribution in [3.05, 3.63) is 59.3 Å². The Morgan fingerprint density at radius 3 is 2.86 bits per heavy atom. The third-order valence-electron chi connectivity index (χ3n) is 5.48. The Labute approximate surface area is 163 Å². The molecule has 28 heavy (non-hydrogen) atoms. The third kappa shape index (κ3) is 3.33. The van der Waals surface area contributed by atoms with Crippen molar-refractivity contribution in [3.8, 4) is 5.75 Å². The molecule has 0 spiro atoms. The number of amides is 2. The van der Waals surface area contributed by atoms with Gasteiger partial charge in [-0.25, -0.2) is 0 Å². The van der Waals surface area contributed by atoms with Gasteiger partial charge in [0.1, 0.15) is 5.75 Å². The lowest BCUT2D eigenvalue weighted by Gasteiger charge is -2.17. The average molecular weight is 377 g/mol. The zero-order valence-corrected chi connectivity index (χ0v) is 16.0. The van der Waals surface area contributed by atoms with E-state index in [4.69, 9.17) is 0 Å². The maximum atomic E-state index is 12.6. The molecule has 0 bridgehead atoms. The maximum Gasteiger partial charge on any atom is 0.227 e. The van der Waals surface area contributed by atoms with Crippen LogP contribution in [0.2, 0.25) is 0 Å². The van der Waals surface area contributed by atoms with Crippen molar-refractivity contribution in [3.63, 3.8) is 0 Å². The number of anilines is 1. The number of fused-ring (bicyclic) bond motifs is 1. The standard InChI is InChI=1S/C22H23N3O3/c1-13-14(2)24-20-7-6-15(8-19(13)20)11-23-22(28)16-9-21(27)25(12-16)17-4-3-5-18(26)10-17/h3-8,10,16,24,26H,9,11-12H2,1-2H3,(H,23,28)/t16-/m0/s1. The zero-order chi connectivity index (χ0) is 19.8. The average Bonchev–Trinajstić information content (AvgIpc) is 3.20. The SMILES string of the molecule is Cc1[nH]c2ccc(CNC(=O)[C@H]3CC(=O)N(c4cccc(O)c4)C3)cc2c1C. The van der Waals surface area contributed by atoms with Crippen molar-refractivity contribution in [2.45, 2.75) is 26.8 Å². The largest absolute Gasteiger partial charge is 0.508 e. The van der Waals surface area contributed by atoms with Gasteiger partial charge in [0.05, 0.1) is 5.92 Å². The van der Waals surface area contributed by atoms with Gasteiger partial charge >= 0.3 is 0 Å². The molecule has 1 aliphatic rings. The molecule has 0 aliphatic carbocycles. The van der Waals surface area contributed by atoms with E-state index in [9.17, 15) is 14.7 Å². The van der Waals surface area contributed by atoms with Crippen LogP contribution in [-0.2, 0) is 16.1 Å². The lowest BCUT2D eigenvalue weighted by Crippen LogP contribution is -2.32. The summed E-state index contributed by atoms with van der Waals surface area (Å²) in [6.45, 7) is 4.88. The van der Waals surface area contributed by atoms with Crippen molar-refractivity contribution in [2.24, 2.45) is 5.92 Å². The Balaban J connectivity index is 1.42. The predicted molar refractivity (Wildman–Crippen MR) is 108 cm³/mol. The van der Waals surface area contributed by atoms with E-state index in [2.05, 4.69) is 23.3 Å². The number of aromatic nitrogens is 1. The topological polar surface area (TPSA) is 85.4 Å². The summed E-state index contributed by atoms with van der Waals surface area (Å²) < 4.78 is 0. The summed E-state index contributed by atoms with van der Waals surface area (Å²) >= 11 is 0. The highest BCUT2D eigenvalue weighted by molar-refractivity contribution is 6.00. The molecule has 0 saturated carbocycles. The molecule has 4 rings (SSSR count). The van der Waals surface area contributed by atoms with Gasteiger partial charge in [-0.15, -0.1) is 0 Å². The molecule has 1 aromatic heterocycles. The molecule has 0 radical (unpaired) electrons. The fourth-order valence-electron chi connectivity index (χ4n) is 3.75. The van der Waals surface area contributed by atoms with Crippen molar-refractivity contribution < 1.29 is 14.7 Å². The summed E-state index contributed by atoms with van der Waals surface area (Å²) in [7, 11) is 0. The van der Waals surface area contributed by atoms with Crippen LogP contribution in [0.4, 0.5) is 5.69 Å². The summed E-state index contributed by atoms with van der Waals surface area (Å²) in [6.07, 6.45) is 0.177. The van der Waals surface area contributed by atoms with Crippen molar-refractivity contribution >= 4 is 28.4 Å². The fraction of sp³-hybridized carbons (Fsp3) is 0.273. The fourth-order valence-corrected chi connectivity index (χ4v) is 3.75. The molecular weight excluding hydrogens is 354 g/mol. The second-order valence-corrected chi connectivity index (χ2v) is 7.40. The number of benzene rings is 2. The van der Waals surface area contributed by atoms with Gasteiger partial charge in [0.15, 0.2) is 0 Å². The van der Waals surface area contributed by atoms with Crippen LogP contribution in [-0.4, -0.2) is 28.4 Å². The number of phenols is 1. The normalized spacial score (nSPS) is 16.7. The second-order valence-electron chi connectivity index (χ2n) is 7.40. The maximum absolute atomic E-state index is 12.6. The first-order valence-corrected chi connectivity index (χ1v) is 9.37. The molecule has 6 heteroatoms. The molecule has 3 N–H and O–H groups in total. The van der Waals surface area contributed by atoms with Crippen LogP contribution < -0.4 is 10.2 Å². The monoisotopic (exact) mass is 377 g/mol. The van der Waals surface area contributed by atoms with Gasteiger partial charge in [0.2, 0.25) is 11.8 Å². The van der Waals surface area contributed by atoms with Gasteiger partial charge in [0.25, 0.3) is 0 Å². The van der Waals surface area contributed by atoms with Gasteiger partial charge in [-0.1, -0.05) is 12.1 Å². The first-order chi connectivity index (χ1) is 13.4. The summed E-state index contributed by atoms with van der Waals surface area (Å²) in [4.78, 5) is 29.8. The highest BCUT2D eigenvalue weighted by atomic mass is 16.3. The summed E-state index contributed by atoms with van der Waals surface area (Å²) in [5.41, 5.74) is 5.09. The van der Waals surface area contributed by atoms with E-state index in [0.717, 1.165) is 22.2 Å². The lowest BCUT2D eigenvalue weighted by molar-refractivity contribution is -0.126. The number of rotatable bonds is 4. The van der Waals surface area contributed by atoms with Crippen molar-refractivity contribution in [1.82, 2.24) is 10.3 Å². The lowest BCUT2D eigenvalue weighted by atomic mass is 10.1. The van der Waals surface area contributed by atoms with E-state index in [0.29, 0.717) is 18.8 Å². The molecule has 1 fully saturated rings. The van der Waals surface area contributed by atoms with Crippen molar-refractivity contribution in [1.29, 1.82) is 0 Å². The van der Waals surface area contributed by atoms with Crippen LogP contribution in [0.1, 0.15) is 23.2 Å². The van der Waals surface area contributed by atoms with Gasteiger partial charge in [-0.3, -0.25) is 9.59 Å². The minimum Gasteiger partial charge on any atom is -0.508 e. The van der Waals surface area contributed by atoms with E-state index in [-0.39, 0.29) is 24.0 Å². The Hall–Kier alpha value is -3.28. The van der Waals surface area contributed by atoms with E-state index in [1.54, 1.807) is 23.1 Å². The molecule has 6 nitrogen and oxygen atoms in total. The van der Waals surface area contributed by atoms with E-state index in [1.165, 1.54) is 11.6 Å². The molecule has 2 amide bonds. The Kier molecular flexibility index (Phi) is 4.55. The van der Waals surface area contributed by atoms with Gasteiger partial charge < -0.3 is 20.3 Å². The number of hydrogen-bond donors (Lipinski definition) is 3. The summed E-state index contributed by atoms with van der Waals surface area (Å²) in [5, 5.41) is 13.7. The second kappa shape index (κ2) is 7.03. The smallest absolute Gasteiger partial charge is 0.227 e. The minimum atomic E-state index is -0.394. The molecule has 3 aromatic rings. The third-order valence-corrected chi connectivity index (χ3v) is 5.48. The number of nitrogens with one attached hydrogen (secondary N) is 2. The number of carbonyl (C=O) groups is 2. The molecule has 1 aliphatic heterocycles. The first-order valence-electron chi connectivity index (χ1n) is 9.37. The van der Waals surface area contributed by atoms with Gasteiger partial charge in [-0.05, 0) is 49.2 Å². The molecule has 1 saturated heterocycles. The van der Waals surface area contributed by atoms with Crippen LogP contribution >= 0.6 is 0 Å².